The standard InChI is InChI=1S/C34H53N9O12S/c1-18(37-26(46)14-36-27(47)20(15-44)38-29(49)21(16-45)39-28(48)19-6-2-10-35-19)31(51)42-12-4-8-24(42)33(53)43-13-5-9-25(43)32(52)41-11-3-7-23(41)30(50)40-22(17-56)34(54)55/h18-25,35,44-45,56H,2-17H2,1H3,(H,36,47)(H,37,46)(H,38,49)(H,39,48)(H,40,50)(H,54,55)/t18-,19-,20-,21-,22-,23-,24-,25-/m0/s1. The highest BCUT2D eigenvalue weighted by Crippen LogP contribution is 2.29. The molecule has 4 aliphatic rings. The van der Waals surface area contributed by atoms with E-state index in [0.29, 0.717) is 51.5 Å². The van der Waals surface area contributed by atoms with Crippen LogP contribution in [-0.2, 0) is 43.2 Å². The predicted octanol–water partition coefficient (Wildman–Crippen LogP) is -5.21. The fraction of sp³-hybridized carbons (Fsp3) is 0.735. The molecule has 56 heavy (non-hydrogen) atoms. The van der Waals surface area contributed by atoms with Crippen molar-refractivity contribution in [2.45, 2.75) is 107 Å². The van der Waals surface area contributed by atoms with Crippen molar-refractivity contribution in [2.24, 2.45) is 0 Å². The molecule has 4 heterocycles. The molecule has 0 aromatic carbocycles. The molecule has 0 aromatic heterocycles. The molecule has 0 aromatic rings. The number of nitrogens with one attached hydrogen (secondary N) is 6. The van der Waals surface area contributed by atoms with Gasteiger partial charge in [-0.1, -0.05) is 0 Å². The van der Waals surface area contributed by atoms with Crippen LogP contribution in [0.15, 0.2) is 0 Å². The molecule has 4 rings (SSSR count). The van der Waals surface area contributed by atoms with E-state index < -0.39 is 121 Å². The van der Waals surface area contributed by atoms with Crippen LogP contribution in [0.5, 0.6) is 0 Å². The van der Waals surface area contributed by atoms with Gasteiger partial charge in [-0.2, -0.15) is 12.6 Å². The van der Waals surface area contributed by atoms with E-state index in [1.165, 1.54) is 21.6 Å². The van der Waals surface area contributed by atoms with Crippen molar-refractivity contribution in [3.63, 3.8) is 0 Å². The van der Waals surface area contributed by atoms with E-state index in [0.717, 1.165) is 6.42 Å². The smallest absolute Gasteiger partial charge is 0.327 e. The Morgan fingerprint density at radius 2 is 1.21 bits per heavy atom. The largest absolute Gasteiger partial charge is 0.480 e. The zero-order valence-electron chi connectivity index (χ0n) is 31.2. The number of hydrogen-bond donors (Lipinski definition) is 10. The number of carbonyl (C=O) groups is 9. The quantitative estimate of drug-likeness (QED) is 0.0616. The van der Waals surface area contributed by atoms with Crippen molar-refractivity contribution in [3.8, 4) is 0 Å². The fourth-order valence-corrected chi connectivity index (χ4v) is 7.70. The molecule has 0 spiro atoms. The SMILES string of the molecule is C[C@H](NC(=O)CNC(=O)[C@H](CO)NC(=O)[C@H](CO)NC(=O)[C@@H]1CCCN1)C(=O)N1CCC[C@H]1C(=O)N1CCC[C@H]1C(=O)N1CCC[C@H]1C(=O)N[C@@H](CS)C(=O)O. The monoisotopic (exact) mass is 811 g/mol. The van der Waals surface area contributed by atoms with Gasteiger partial charge in [0, 0.05) is 25.4 Å². The zero-order valence-corrected chi connectivity index (χ0v) is 32.1. The van der Waals surface area contributed by atoms with Crippen LogP contribution < -0.4 is 31.9 Å². The van der Waals surface area contributed by atoms with Crippen LogP contribution in [0.2, 0.25) is 0 Å². The summed E-state index contributed by atoms with van der Waals surface area (Å²) in [6, 6.07) is -8.48. The van der Waals surface area contributed by atoms with Gasteiger partial charge in [-0.15, -0.1) is 0 Å². The van der Waals surface area contributed by atoms with Crippen molar-refractivity contribution in [1.29, 1.82) is 0 Å². The number of aliphatic hydroxyl groups is 2. The fourth-order valence-electron chi connectivity index (χ4n) is 7.45. The number of nitrogens with zero attached hydrogens (tertiary/aromatic N) is 3. The minimum atomic E-state index is -1.53. The average molecular weight is 812 g/mol. The molecule has 21 nitrogen and oxygen atoms in total. The van der Waals surface area contributed by atoms with E-state index in [1.807, 2.05) is 0 Å². The maximum Gasteiger partial charge on any atom is 0.327 e. The Bertz CT molecular complexity index is 1510. The molecular formula is C34H53N9O12S. The van der Waals surface area contributed by atoms with Crippen LogP contribution in [0, 0.1) is 0 Å². The van der Waals surface area contributed by atoms with Gasteiger partial charge in [-0.25, -0.2) is 4.79 Å². The van der Waals surface area contributed by atoms with Crippen molar-refractivity contribution in [2.75, 3.05) is 51.7 Å². The molecule has 0 radical (unpaired) electrons. The molecule has 0 unspecified atom stereocenters. The summed E-state index contributed by atoms with van der Waals surface area (Å²) in [5.41, 5.74) is 0. The summed E-state index contributed by atoms with van der Waals surface area (Å²) in [7, 11) is 0. The summed E-state index contributed by atoms with van der Waals surface area (Å²) in [5.74, 6) is -6.59. The maximum absolute atomic E-state index is 13.9. The molecule has 22 heteroatoms. The van der Waals surface area contributed by atoms with Gasteiger partial charge in [0.1, 0.15) is 42.3 Å². The van der Waals surface area contributed by atoms with Gasteiger partial charge in [0.15, 0.2) is 0 Å². The van der Waals surface area contributed by atoms with Crippen LogP contribution in [0.1, 0.15) is 58.3 Å². The molecule has 4 fully saturated rings. The number of rotatable bonds is 17. The molecule has 8 atom stereocenters. The normalized spacial score (nSPS) is 24.1. The number of aliphatic hydroxyl groups excluding tert-OH is 2. The molecular weight excluding hydrogens is 758 g/mol. The minimum absolute atomic E-state index is 0.135. The average Bonchev–Trinajstić information content (AvgIpc) is 4.03. The highest BCUT2D eigenvalue weighted by Gasteiger charge is 2.46. The summed E-state index contributed by atoms with van der Waals surface area (Å²) in [6.07, 6.45) is 3.85. The number of hydrogen-bond acceptors (Lipinski definition) is 13. The van der Waals surface area contributed by atoms with Crippen LogP contribution in [0.4, 0.5) is 0 Å². The van der Waals surface area contributed by atoms with Crippen molar-refractivity contribution < 1.29 is 58.5 Å². The van der Waals surface area contributed by atoms with Gasteiger partial charge >= 0.3 is 5.97 Å². The van der Waals surface area contributed by atoms with Gasteiger partial charge < -0.3 is 61.9 Å². The molecule has 4 saturated heterocycles. The van der Waals surface area contributed by atoms with Gasteiger partial charge in [-0.3, -0.25) is 38.4 Å². The summed E-state index contributed by atoms with van der Waals surface area (Å²) >= 11 is 3.97. The van der Waals surface area contributed by atoms with Gasteiger partial charge in [0.25, 0.3) is 0 Å². The number of likely N-dealkylation sites (tertiary alicyclic amines) is 3. The summed E-state index contributed by atoms with van der Waals surface area (Å²) in [5, 5.41) is 43.4. The number of aliphatic carboxylic acids is 1. The van der Waals surface area contributed by atoms with Crippen LogP contribution in [0.25, 0.3) is 0 Å². The molecule has 4 aliphatic heterocycles. The first-order chi connectivity index (χ1) is 26.7. The Kier molecular flexibility index (Phi) is 16.2. The molecule has 8 amide bonds. The van der Waals surface area contributed by atoms with Gasteiger partial charge in [0.05, 0.1) is 25.8 Å². The van der Waals surface area contributed by atoms with Crippen LogP contribution in [0.3, 0.4) is 0 Å². The maximum atomic E-state index is 13.9. The first-order valence-corrected chi connectivity index (χ1v) is 19.5. The van der Waals surface area contributed by atoms with E-state index in [2.05, 4.69) is 44.5 Å². The predicted molar refractivity (Wildman–Crippen MR) is 197 cm³/mol. The summed E-state index contributed by atoms with van der Waals surface area (Å²) in [6.45, 7) is 0.496. The van der Waals surface area contributed by atoms with Gasteiger partial charge in [-0.05, 0) is 64.8 Å². The van der Waals surface area contributed by atoms with E-state index in [1.54, 1.807) is 0 Å². The minimum Gasteiger partial charge on any atom is -0.480 e. The lowest BCUT2D eigenvalue weighted by atomic mass is 10.1. The van der Waals surface area contributed by atoms with Gasteiger partial charge in [0.2, 0.25) is 47.3 Å². The first-order valence-electron chi connectivity index (χ1n) is 18.9. The molecule has 0 aliphatic carbocycles. The number of carbonyl (C=O) groups excluding carboxylic acids is 8. The third-order valence-corrected chi connectivity index (χ3v) is 10.8. The van der Waals surface area contributed by atoms with Crippen molar-refractivity contribution >= 4 is 65.9 Å². The van der Waals surface area contributed by atoms with E-state index in [4.69, 9.17) is 0 Å². The summed E-state index contributed by atoms with van der Waals surface area (Å²) < 4.78 is 0. The second-order valence-electron chi connectivity index (χ2n) is 14.3. The Hall–Kier alpha value is -4.54. The first kappa shape index (κ1) is 44.2. The summed E-state index contributed by atoms with van der Waals surface area (Å²) in [4.78, 5) is 120. The number of thiol groups is 1. The zero-order chi connectivity index (χ0) is 41.1. The Morgan fingerprint density at radius 1 is 0.679 bits per heavy atom. The second-order valence-corrected chi connectivity index (χ2v) is 14.7. The van der Waals surface area contributed by atoms with Crippen LogP contribution >= 0.6 is 12.6 Å². The lowest BCUT2D eigenvalue weighted by Crippen LogP contribution is -2.58. The second kappa shape index (κ2) is 20.6. The Balaban J connectivity index is 1.28. The molecule has 0 saturated carbocycles. The third-order valence-electron chi connectivity index (χ3n) is 10.5. The van der Waals surface area contributed by atoms with Crippen LogP contribution in [-0.4, -0.2) is 183 Å². The van der Waals surface area contributed by atoms with Crippen molar-refractivity contribution in [1.82, 2.24) is 46.6 Å². The third kappa shape index (κ3) is 10.9. The number of carboxylic acids is 1. The lowest BCUT2D eigenvalue weighted by Gasteiger charge is -2.34. The van der Waals surface area contributed by atoms with E-state index >= 15 is 0 Å². The molecule has 0 bridgehead atoms. The molecule has 9 N–H and O–H groups in total. The van der Waals surface area contributed by atoms with E-state index in [-0.39, 0.29) is 25.4 Å². The number of amides is 8. The lowest BCUT2D eigenvalue weighted by molar-refractivity contribution is -0.151. The highest BCUT2D eigenvalue weighted by molar-refractivity contribution is 7.80. The number of carboxylic acid groups (broad SMARTS) is 1. The topological polar surface area (TPSA) is 296 Å². The van der Waals surface area contributed by atoms with Crippen molar-refractivity contribution in [3.05, 3.63) is 0 Å². The van der Waals surface area contributed by atoms with E-state index in [9.17, 15) is 58.5 Å². The Labute approximate surface area is 328 Å². The molecule has 312 valence electrons. The Morgan fingerprint density at radius 3 is 1.77 bits per heavy atom. The highest BCUT2D eigenvalue weighted by atomic mass is 32.1.